The Morgan fingerprint density at radius 3 is 2.26 bits per heavy atom. The highest BCUT2D eigenvalue weighted by atomic mass is 19.1. The molecule has 1 aromatic carbocycles. The summed E-state index contributed by atoms with van der Waals surface area (Å²) in [6, 6.07) is 5.53. The molecule has 2 heterocycles. The van der Waals surface area contributed by atoms with Gasteiger partial charge in [0.05, 0.1) is 12.1 Å². The molecule has 3 amide bonds. The van der Waals surface area contributed by atoms with Gasteiger partial charge in [-0.15, -0.1) is 0 Å². The van der Waals surface area contributed by atoms with Crippen LogP contribution in [0.25, 0.3) is 10.9 Å². The number of aromatic nitrogens is 1. The molecule has 14 heteroatoms. The number of amides is 3. The van der Waals surface area contributed by atoms with Gasteiger partial charge in [0.15, 0.2) is 0 Å². The molecule has 2 aromatic rings. The van der Waals surface area contributed by atoms with Crippen LogP contribution in [0.5, 0.6) is 0 Å². The normalized spacial score (nSPS) is 23.4. The first-order valence-corrected chi connectivity index (χ1v) is 19.5. The molecule has 1 aliphatic heterocycles. The Hall–Kier alpha value is -4.36. The van der Waals surface area contributed by atoms with Crippen LogP contribution in [-0.4, -0.2) is 83.2 Å². The number of carbonyl (C=O) groups excluding carboxylic acids is 5. The molecule has 13 nitrogen and oxygen atoms in total. The molecule has 4 atom stereocenters. The predicted molar refractivity (Wildman–Crippen MR) is 199 cm³/mol. The highest BCUT2D eigenvalue weighted by Crippen LogP contribution is 2.41. The molecule has 0 bridgehead atoms. The molecule has 54 heavy (non-hydrogen) atoms. The van der Waals surface area contributed by atoms with Crippen molar-refractivity contribution in [3.05, 3.63) is 30.0 Å². The van der Waals surface area contributed by atoms with E-state index in [1.807, 2.05) is 0 Å². The van der Waals surface area contributed by atoms with Crippen LogP contribution in [0.4, 0.5) is 19.7 Å². The van der Waals surface area contributed by atoms with Crippen LogP contribution in [0.15, 0.2) is 24.3 Å². The Morgan fingerprint density at radius 2 is 1.61 bits per heavy atom. The second-order valence-corrected chi connectivity index (χ2v) is 16.3. The third-order valence-electron chi connectivity index (χ3n) is 10.8. The number of fused-ring (bicyclic) bond motifs is 1. The number of halogens is 1. The predicted octanol–water partition coefficient (Wildman–Crippen LogP) is 7.64. The van der Waals surface area contributed by atoms with Gasteiger partial charge in [-0.3, -0.25) is 9.59 Å². The summed E-state index contributed by atoms with van der Waals surface area (Å²) in [4.78, 5) is 70.2. The van der Waals surface area contributed by atoms with Gasteiger partial charge in [-0.05, 0) is 109 Å². The number of alkyl halides is 1. The van der Waals surface area contributed by atoms with Gasteiger partial charge >= 0.3 is 18.2 Å². The van der Waals surface area contributed by atoms with Gasteiger partial charge in [0.2, 0.25) is 18.1 Å². The van der Waals surface area contributed by atoms with Gasteiger partial charge in [-0.1, -0.05) is 32.1 Å². The van der Waals surface area contributed by atoms with Crippen molar-refractivity contribution in [1.82, 2.24) is 15.2 Å². The second-order valence-electron chi connectivity index (χ2n) is 16.3. The molecule has 2 aliphatic carbocycles. The van der Waals surface area contributed by atoms with Crippen LogP contribution >= 0.6 is 0 Å². The first-order valence-electron chi connectivity index (χ1n) is 19.5. The van der Waals surface area contributed by atoms with E-state index in [-0.39, 0.29) is 41.4 Å². The number of rotatable bonds is 11. The summed E-state index contributed by atoms with van der Waals surface area (Å²) in [6.45, 7) is 9.81. The Labute approximate surface area is 316 Å². The number of benzene rings is 1. The minimum Gasteiger partial charge on any atom is -0.444 e. The van der Waals surface area contributed by atoms with E-state index in [1.54, 1.807) is 63.8 Å². The molecule has 1 unspecified atom stereocenters. The number of likely N-dealkylation sites (tertiary alicyclic amines) is 1. The standard InChI is InChI=1S/C40H57FN4O9/c1-23(2)51-39(50)53-24(3)52-37(48)32-21-28-20-29(16-17-31(28)43-32)42-35(46)34-30(25-10-8-7-9-11-25)18-19-45(34)36(47)27-14-12-26(13-15-27)33(22-41)44-38(49)54-40(4,5)6/h16-17,20-21,23-27,30,33-34,43H,7-15,18-19,22H2,1-6H3,(H,42,46)(H,44,49)/t24?,26-,27-,30-,33+,34-/m0/s1. The fraction of sp³-hybridized carbons (Fsp3) is 0.675. The molecular weight excluding hydrogens is 699 g/mol. The Balaban J connectivity index is 1.24. The molecule has 0 radical (unpaired) electrons. The van der Waals surface area contributed by atoms with Gasteiger partial charge in [0.1, 0.15) is 24.0 Å². The van der Waals surface area contributed by atoms with E-state index in [4.69, 9.17) is 18.9 Å². The molecule has 0 spiro atoms. The van der Waals surface area contributed by atoms with Crippen molar-refractivity contribution in [2.75, 3.05) is 18.5 Å². The maximum atomic E-state index is 14.2. The van der Waals surface area contributed by atoms with Crippen molar-refractivity contribution in [3.8, 4) is 0 Å². The molecule has 3 N–H and O–H groups in total. The third-order valence-corrected chi connectivity index (χ3v) is 10.8. The van der Waals surface area contributed by atoms with Crippen LogP contribution < -0.4 is 10.6 Å². The van der Waals surface area contributed by atoms with Gasteiger partial charge < -0.3 is 39.5 Å². The number of anilines is 1. The lowest BCUT2D eigenvalue weighted by molar-refractivity contribution is -0.142. The van der Waals surface area contributed by atoms with Crippen LogP contribution in [0, 0.1) is 23.7 Å². The maximum absolute atomic E-state index is 14.2. The number of carbonyl (C=O) groups is 5. The monoisotopic (exact) mass is 756 g/mol. The number of H-pyrrole nitrogens is 1. The molecular formula is C40H57FN4O9. The van der Waals surface area contributed by atoms with E-state index < -0.39 is 48.9 Å². The van der Waals surface area contributed by atoms with Gasteiger partial charge in [-0.25, -0.2) is 18.8 Å². The summed E-state index contributed by atoms with van der Waals surface area (Å²) in [5.74, 6) is -1.01. The number of aromatic amines is 1. The molecule has 2 saturated carbocycles. The molecule has 298 valence electrons. The molecule has 5 rings (SSSR count). The summed E-state index contributed by atoms with van der Waals surface area (Å²) in [5.41, 5.74) is 0.605. The van der Waals surface area contributed by atoms with Crippen LogP contribution in [0.2, 0.25) is 0 Å². The van der Waals surface area contributed by atoms with Crippen LogP contribution in [0.3, 0.4) is 0 Å². The van der Waals surface area contributed by atoms with Gasteiger partial charge in [-0.2, -0.15) is 0 Å². The van der Waals surface area contributed by atoms with Gasteiger partial charge in [0.25, 0.3) is 0 Å². The van der Waals surface area contributed by atoms with E-state index in [2.05, 4.69) is 15.6 Å². The SMILES string of the molecule is CC(C)OC(=O)OC(C)OC(=O)c1cc2cc(NC(=O)[C@@H]3[C@H](C4CCCCC4)CCN3C(=O)[C@H]3CC[C@H]([C@@H](CF)NC(=O)OC(C)(C)C)CC3)ccc2[nH]1. The first kappa shape index (κ1) is 40.8. The average molecular weight is 757 g/mol. The zero-order valence-corrected chi connectivity index (χ0v) is 32.4. The van der Waals surface area contributed by atoms with Crippen molar-refractivity contribution in [2.24, 2.45) is 23.7 Å². The van der Waals surface area contributed by atoms with Crippen molar-refractivity contribution >= 4 is 46.6 Å². The summed E-state index contributed by atoms with van der Waals surface area (Å²) in [5, 5.41) is 6.42. The fourth-order valence-corrected chi connectivity index (χ4v) is 8.33. The molecule has 3 fully saturated rings. The number of ether oxygens (including phenoxy) is 4. The second kappa shape index (κ2) is 17.9. The highest BCUT2D eigenvalue weighted by Gasteiger charge is 2.47. The molecule has 1 saturated heterocycles. The number of nitrogens with zero attached hydrogens (tertiary/aromatic N) is 1. The van der Waals surface area contributed by atoms with Crippen LogP contribution in [-0.2, 0) is 28.5 Å². The number of nitrogens with one attached hydrogen (secondary N) is 3. The fourth-order valence-electron chi connectivity index (χ4n) is 8.33. The van der Waals surface area contributed by atoms with E-state index >= 15 is 0 Å². The smallest absolute Gasteiger partial charge is 0.444 e. The lowest BCUT2D eigenvalue weighted by atomic mass is 9.76. The minimum absolute atomic E-state index is 0.0382. The summed E-state index contributed by atoms with van der Waals surface area (Å²) in [7, 11) is 0. The lowest BCUT2D eigenvalue weighted by Gasteiger charge is -2.37. The summed E-state index contributed by atoms with van der Waals surface area (Å²) in [6.07, 6.45) is 5.35. The number of esters is 1. The zero-order valence-electron chi connectivity index (χ0n) is 32.4. The number of hydrogen-bond acceptors (Lipinski definition) is 9. The van der Waals surface area contributed by atoms with Crippen molar-refractivity contribution < 1.29 is 47.3 Å². The van der Waals surface area contributed by atoms with Gasteiger partial charge in [0, 0.05) is 36.0 Å². The third kappa shape index (κ3) is 10.7. The zero-order chi connectivity index (χ0) is 39.2. The Bertz CT molecular complexity index is 1640. The van der Waals surface area contributed by atoms with E-state index in [1.165, 1.54) is 13.3 Å². The first-order chi connectivity index (χ1) is 25.6. The maximum Gasteiger partial charge on any atom is 0.511 e. The lowest BCUT2D eigenvalue weighted by Crippen LogP contribution is -2.50. The Morgan fingerprint density at radius 1 is 0.907 bits per heavy atom. The van der Waals surface area contributed by atoms with E-state index in [0.717, 1.165) is 32.1 Å². The van der Waals surface area contributed by atoms with E-state index in [9.17, 15) is 28.4 Å². The Kier molecular flexibility index (Phi) is 13.5. The summed E-state index contributed by atoms with van der Waals surface area (Å²) >= 11 is 0. The quantitative estimate of drug-likeness (QED) is 0.119. The van der Waals surface area contributed by atoms with Crippen LogP contribution in [0.1, 0.15) is 116 Å². The van der Waals surface area contributed by atoms with Crippen molar-refractivity contribution in [1.29, 1.82) is 0 Å². The largest absolute Gasteiger partial charge is 0.511 e. The highest BCUT2D eigenvalue weighted by molar-refractivity contribution is 6.01. The van der Waals surface area contributed by atoms with E-state index in [0.29, 0.717) is 54.7 Å². The topological polar surface area (TPSA) is 165 Å². The molecule has 1 aromatic heterocycles. The number of hydrogen-bond donors (Lipinski definition) is 3. The van der Waals surface area contributed by atoms with Crippen molar-refractivity contribution in [2.45, 2.75) is 136 Å². The molecule has 3 aliphatic rings. The average Bonchev–Trinajstić information content (AvgIpc) is 3.75. The van der Waals surface area contributed by atoms with Crippen molar-refractivity contribution in [3.63, 3.8) is 0 Å². The number of alkyl carbamates (subject to hydrolysis) is 1. The summed E-state index contributed by atoms with van der Waals surface area (Å²) < 4.78 is 34.6. The minimum atomic E-state index is -1.18.